The van der Waals surface area contributed by atoms with Gasteiger partial charge in [0.05, 0.1) is 17.6 Å². The van der Waals surface area contributed by atoms with Crippen LogP contribution in [0.2, 0.25) is 5.02 Å². The fourth-order valence-electron chi connectivity index (χ4n) is 3.21. The van der Waals surface area contributed by atoms with Crippen molar-refractivity contribution in [1.29, 1.82) is 0 Å². The van der Waals surface area contributed by atoms with Gasteiger partial charge in [0, 0.05) is 46.8 Å². The number of aromatic nitrogens is 4. The van der Waals surface area contributed by atoms with Crippen LogP contribution in [0.1, 0.15) is 5.56 Å². The molecule has 0 aliphatic carbocycles. The van der Waals surface area contributed by atoms with E-state index in [1.54, 1.807) is 18.6 Å². The first-order valence-electron chi connectivity index (χ1n) is 8.80. The van der Waals surface area contributed by atoms with Gasteiger partial charge in [0.2, 0.25) is 5.95 Å². The highest BCUT2D eigenvalue weighted by Gasteiger charge is 2.21. The summed E-state index contributed by atoms with van der Waals surface area (Å²) in [5, 5.41) is 7.36. The Morgan fingerprint density at radius 3 is 2.68 bits per heavy atom. The van der Waals surface area contributed by atoms with Gasteiger partial charge < -0.3 is 10.6 Å². The first-order chi connectivity index (χ1) is 13.8. The molecule has 0 fully saturated rings. The summed E-state index contributed by atoms with van der Waals surface area (Å²) >= 11 is 5.95. The fourth-order valence-corrected chi connectivity index (χ4v) is 3.33. The molecule has 4 aromatic rings. The molecule has 0 saturated carbocycles. The lowest BCUT2D eigenvalue weighted by Crippen LogP contribution is -2.05. The van der Waals surface area contributed by atoms with E-state index in [4.69, 9.17) is 16.6 Å². The minimum absolute atomic E-state index is 0.556. The first-order valence-corrected chi connectivity index (χ1v) is 9.18. The van der Waals surface area contributed by atoms with Crippen molar-refractivity contribution in [3.63, 3.8) is 0 Å². The van der Waals surface area contributed by atoms with E-state index in [9.17, 15) is 0 Å². The first kappa shape index (κ1) is 16.6. The third kappa shape index (κ3) is 3.04. The smallest absolute Gasteiger partial charge is 0.223 e. The van der Waals surface area contributed by atoms with E-state index in [-0.39, 0.29) is 0 Å². The van der Waals surface area contributed by atoms with E-state index in [0.29, 0.717) is 12.5 Å². The van der Waals surface area contributed by atoms with E-state index < -0.39 is 0 Å². The number of anilines is 3. The lowest BCUT2D eigenvalue weighted by atomic mass is 10.0. The van der Waals surface area contributed by atoms with Crippen LogP contribution in [0.5, 0.6) is 0 Å². The molecule has 1 aromatic carbocycles. The number of rotatable bonds is 3. The Morgan fingerprint density at radius 2 is 1.79 bits per heavy atom. The summed E-state index contributed by atoms with van der Waals surface area (Å²) in [6, 6.07) is 13.6. The van der Waals surface area contributed by atoms with Gasteiger partial charge in [-0.2, -0.15) is 0 Å². The van der Waals surface area contributed by atoms with Gasteiger partial charge in [-0.05, 0) is 35.9 Å². The summed E-state index contributed by atoms with van der Waals surface area (Å²) in [6.07, 6.45) is 7.15. The Morgan fingerprint density at radius 1 is 0.893 bits per heavy atom. The molecule has 0 radical (unpaired) electrons. The summed E-state index contributed by atoms with van der Waals surface area (Å²) in [7, 11) is 0. The Kier molecular flexibility index (Phi) is 4.10. The molecule has 1 aliphatic heterocycles. The average Bonchev–Trinajstić information content (AvgIpc) is 2.88. The number of benzene rings is 1. The maximum absolute atomic E-state index is 5.95. The SMILES string of the molecule is Clc1ccc(CNc2ncc3c(n2)-c2cccnc2Nc2cnccc2-3)cc1. The van der Waals surface area contributed by atoms with Gasteiger partial charge in [-0.15, -0.1) is 0 Å². The number of pyridine rings is 2. The van der Waals surface area contributed by atoms with Crippen molar-refractivity contribution < 1.29 is 0 Å². The molecular weight excluding hydrogens is 372 g/mol. The zero-order valence-electron chi connectivity index (χ0n) is 14.7. The maximum Gasteiger partial charge on any atom is 0.223 e. The fraction of sp³-hybridized carbons (Fsp3) is 0.0476. The van der Waals surface area contributed by atoms with Crippen molar-refractivity contribution in [3.8, 4) is 22.4 Å². The van der Waals surface area contributed by atoms with Gasteiger partial charge in [-0.25, -0.2) is 15.0 Å². The minimum atomic E-state index is 0.556. The van der Waals surface area contributed by atoms with Crippen LogP contribution in [-0.2, 0) is 6.54 Å². The molecule has 0 spiro atoms. The molecule has 1 aliphatic rings. The van der Waals surface area contributed by atoms with Crippen molar-refractivity contribution in [2.75, 3.05) is 10.6 Å². The van der Waals surface area contributed by atoms with E-state index in [1.807, 2.05) is 48.7 Å². The summed E-state index contributed by atoms with van der Waals surface area (Å²) in [6.45, 7) is 0.606. The van der Waals surface area contributed by atoms with Crippen LogP contribution in [-0.4, -0.2) is 19.9 Å². The molecule has 0 bridgehead atoms. The molecule has 0 saturated heterocycles. The van der Waals surface area contributed by atoms with Crippen LogP contribution in [0.4, 0.5) is 17.5 Å². The predicted octanol–water partition coefficient (Wildman–Crippen LogP) is 4.92. The third-order valence-corrected chi connectivity index (χ3v) is 4.83. The van der Waals surface area contributed by atoms with Crippen molar-refractivity contribution in [2.24, 2.45) is 0 Å². The molecule has 5 rings (SSSR count). The van der Waals surface area contributed by atoms with E-state index >= 15 is 0 Å². The highest BCUT2D eigenvalue weighted by atomic mass is 35.5. The summed E-state index contributed by atoms with van der Waals surface area (Å²) in [5.41, 5.74) is 5.66. The van der Waals surface area contributed by atoms with Crippen LogP contribution in [0.3, 0.4) is 0 Å². The minimum Gasteiger partial charge on any atom is -0.350 e. The van der Waals surface area contributed by atoms with Gasteiger partial charge in [-0.3, -0.25) is 4.98 Å². The number of hydrogen-bond acceptors (Lipinski definition) is 6. The zero-order chi connectivity index (χ0) is 18.9. The molecule has 0 amide bonds. The molecule has 2 N–H and O–H groups in total. The quantitative estimate of drug-likeness (QED) is 0.458. The van der Waals surface area contributed by atoms with Gasteiger partial charge >= 0.3 is 0 Å². The lowest BCUT2D eigenvalue weighted by molar-refractivity contribution is 1.06. The molecule has 4 heterocycles. The number of fused-ring (bicyclic) bond motifs is 5. The normalized spacial score (nSPS) is 11.5. The molecule has 7 heteroatoms. The van der Waals surface area contributed by atoms with Crippen LogP contribution < -0.4 is 10.6 Å². The van der Waals surface area contributed by atoms with Crippen LogP contribution >= 0.6 is 11.6 Å². The molecule has 3 aromatic heterocycles. The molecular formula is C21H15ClN6. The van der Waals surface area contributed by atoms with Gasteiger partial charge in [-0.1, -0.05) is 23.7 Å². The standard InChI is InChI=1S/C21H15ClN6/c22-14-5-3-13(4-6-14)10-25-21-26-11-17-15-7-9-23-12-18(15)27-20-16(19(17)28-21)2-1-8-24-20/h1-9,11-12H,10H2,(H,24,27)(H,25,26,28). The molecule has 28 heavy (non-hydrogen) atoms. The lowest BCUT2D eigenvalue weighted by Gasteiger charge is -2.11. The second kappa shape index (κ2) is 6.90. The molecule has 0 unspecified atom stereocenters. The van der Waals surface area contributed by atoms with Gasteiger partial charge in [0.25, 0.3) is 0 Å². The van der Waals surface area contributed by atoms with Crippen molar-refractivity contribution >= 4 is 29.1 Å². The van der Waals surface area contributed by atoms with Crippen molar-refractivity contribution in [1.82, 2.24) is 19.9 Å². The summed E-state index contributed by atoms with van der Waals surface area (Å²) in [5.74, 6) is 1.30. The van der Waals surface area contributed by atoms with E-state index in [0.717, 1.165) is 44.5 Å². The van der Waals surface area contributed by atoms with Crippen LogP contribution in [0.15, 0.2) is 67.3 Å². The topological polar surface area (TPSA) is 75.6 Å². The summed E-state index contributed by atoms with van der Waals surface area (Å²) in [4.78, 5) is 18.0. The Hall–Kier alpha value is -3.51. The highest BCUT2D eigenvalue weighted by Crippen LogP contribution is 2.41. The molecule has 6 nitrogen and oxygen atoms in total. The van der Waals surface area contributed by atoms with Crippen LogP contribution in [0, 0.1) is 0 Å². The van der Waals surface area contributed by atoms with Crippen molar-refractivity contribution in [2.45, 2.75) is 6.54 Å². The number of halogens is 1. The molecule has 0 atom stereocenters. The second-order valence-corrected chi connectivity index (χ2v) is 6.82. The highest BCUT2D eigenvalue weighted by molar-refractivity contribution is 6.30. The average molecular weight is 387 g/mol. The van der Waals surface area contributed by atoms with Crippen LogP contribution in [0.25, 0.3) is 22.4 Å². The summed E-state index contributed by atoms with van der Waals surface area (Å²) < 4.78 is 0. The van der Waals surface area contributed by atoms with Gasteiger partial charge in [0.15, 0.2) is 0 Å². The Bertz CT molecular complexity index is 1160. The molecule has 136 valence electrons. The van der Waals surface area contributed by atoms with E-state index in [2.05, 4.69) is 25.6 Å². The predicted molar refractivity (Wildman–Crippen MR) is 111 cm³/mol. The number of nitrogens with one attached hydrogen (secondary N) is 2. The number of nitrogens with zero attached hydrogens (tertiary/aromatic N) is 4. The number of hydrogen-bond donors (Lipinski definition) is 2. The van der Waals surface area contributed by atoms with Crippen molar-refractivity contribution in [3.05, 3.63) is 77.8 Å². The monoisotopic (exact) mass is 386 g/mol. The van der Waals surface area contributed by atoms with E-state index in [1.165, 1.54) is 0 Å². The Balaban J connectivity index is 1.56. The maximum atomic E-state index is 5.95. The largest absolute Gasteiger partial charge is 0.350 e. The second-order valence-electron chi connectivity index (χ2n) is 6.38. The third-order valence-electron chi connectivity index (χ3n) is 4.58. The zero-order valence-corrected chi connectivity index (χ0v) is 15.5. The Labute approximate surface area is 166 Å². The van der Waals surface area contributed by atoms with Gasteiger partial charge in [0.1, 0.15) is 5.82 Å².